The van der Waals surface area contributed by atoms with E-state index in [0.717, 1.165) is 27.5 Å². The van der Waals surface area contributed by atoms with Crippen molar-refractivity contribution in [2.45, 2.75) is 58.8 Å². The van der Waals surface area contributed by atoms with Gasteiger partial charge in [-0.2, -0.15) is 0 Å². The number of hydrogen-bond donors (Lipinski definition) is 3. The molecule has 0 aliphatic heterocycles. The predicted octanol–water partition coefficient (Wildman–Crippen LogP) is 4.87. The fraction of sp³-hybridized carbons (Fsp3) is 0.387. The summed E-state index contributed by atoms with van der Waals surface area (Å²) >= 11 is 0. The summed E-state index contributed by atoms with van der Waals surface area (Å²) < 4.78 is 5.20. The van der Waals surface area contributed by atoms with Crippen LogP contribution < -0.4 is 5.32 Å². The first-order valence-corrected chi connectivity index (χ1v) is 13.1. The summed E-state index contributed by atoms with van der Waals surface area (Å²) in [7, 11) is 0. The predicted molar refractivity (Wildman–Crippen MR) is 151 cm³/mol. The van der Waals surface area contributed by atoms with E-state index in [-0.39, 0.29) is 25.4 Å². The van der Waals surface area contributed by atoms with Gasteiger partial charge in [0, 0.05) is 13.0 Å². The third kappa shape index (κ3) is 8.82. The van der Waals surface area contributed by atoms with Crippen molar-refractivity contribution in [2.75, 3.05) is 13.1 Å². The van der Waals surface area contributed by atoms with Crippen molar-refractivity contribution in [3.63, 3.8) is 0 Å². The summed E-state index contributed by atoms with van der Waals surface area (Å²) in [5, 5.41) is 25.0. The Balaban J connectivity index is 1.69. The van der Waals surface area contributed by atoms with Gasteiger partial charge in [-0.15, -0.1) is 0 Å². The van der Waals surface area contributed by atoms with Crippen LogP contribution in [0, 0.1) is 5.92 Å². The number of urea groups is 1. The van der Waals surface area contributed by atoms with Gasteiger partial charge in [0.2, 0.25) is 0 Å². The Kier molecular flexibility index (Phi) is 9.70. The maximum Gasteiger partial charge on any atom is 0.337 e. The van der Waals surface area contributed by atoms with E-state index in [1.807, 2.05) is 56.3 Å². The highest BCUT2D eigenvalue weighted by Gasteiger charge is 2.29. The Morgan fingerprint density at radius 1 is 0.897 bits per heavy atom. The molecule has 1 unspecified atom stereocenters. The number of aliphatic hydroxyl groups excluding tert-OH is 1. The van der Waals surface area contributed by atoms with E-state index < -0.39 is 35.7 Å². The highest BCUT2D eigenvalue weighted by atomic mass is 16.6. The molecule has 3 aromatic rings. The monoisotopic (exact) mass is 534 g/mol. The molecule has 8 heteroatoms. The first-order valence-electron chi connectivity index (χ1n) is 13.1. The molecule has 0 aliphatic rings. The first kappa shape index (κ1) is 29.6. The molecule has 39 heavy (non-hydrogen) atoms. The Morgan fingerprint density at radius 3 is 2.10 bits per heavy atom. The molecule has 0 saturated carbocycles. The second kappa shape index (κ2) is 12.8. The number of aliphatic carboxylic acids is 1. The highest BCUT2D eigenvalue weighted by molar-refractivity contribution is 5.87. The SMILES string of the molecule is CC(C)CN(CC(O)C(=O)OC(C)(C)C)C(=O)N[C@@H](Cc1ccc(-c2ccc3ccccc3c2)cc1)C(=O)O. The van der Waals surface area contributed by atoms with Crippen LogP contribution in [0.5, 0.6) is 0 Å². The average Bonchev–Trinajstić information content (AvgIpc) is 2.86. The van der Waals surface area contributed by atoms with Crippen LogP contribution in [0.1, 0.15) is 40.2 Å². The molecule has 208 valence electrons. The minimum Gasteiger partial charge on any atom is -0.480 e. The number of nitrogens with zero attached hydrogens (tertiary/aromatic N) is 1. The van der Waals surface area contributed by atoms with Crippen LogP contribution in [0.3, 0.4) is 0 Å². The number of amides is 2. The van der Waals surface area contributed by atoms with Gasteiger partial charge < -0.3 is 25.2 Å². The molecule has 0 bridgehead atoms. The minimum absolute atomic E-state index is 0.0208. The Labute approximate surface area is 229 Å². The second-order valence-corrected chi connectivity index (χ2v) is 11.2. The molecular weight excluding hydrogens is 496 g/mol. The Hall–Kier alpha value is -3.91. The average molecular weight is 535 g/mol. The lowest BCUT2D eigenvalue weighted by Crippen LogP contribution is -2.52. The van der Waals surface area contributed by atoms with Gasteiger partial charge in [0.25, 0.3) is 0 Å². The number of carboxylic acid groups (broad SMARTS) is 1. The van der Waals surface area contributed by atoms with Crippen LogP contribution >= 0.6 is 0 Å². The van der Waals surface area contributed by atoms with E-state index in [1.54, 1.807) is 20.8 Å². The lowest BCUT2D eigenvalue weighted by molar-refractivity contribution is -0.165. The number of carbonyl (C=O) groups is 3. The van der Waals surface area contributed by atoms with E-state index >= 15 is 0 Å². The van der Waals surface area contributed by atoms with Gasteiger partial charge in [-0.3, -0.25) is 0 Å². The fourth-order valence-corrected chi connectivity index (χ4v) is 4.21. The largest absolute Gasteiger partial charge is 0.480 e. The molecule has 0 saturated heterocycles. The van der Waals surface area contributed by atoms with Gasteiger partial charge in [-0.05, 0) is 60.2 Å². The van der Waals surface area contributed by atoms with Gasteiger partial charge in [0.1, 0.15) is 11.6 Å². The molecule has 3 N–H and O–H groups in total. The summed E-state index contributed by atoms with van der Waals surface area (Å²) in [4.78, 5) is 38.6. The number of hydrogen-bond acceptors (Lipinski definition) is 5. The topological polar surface area (TPSA) is 116 Å². The number of benzene rings is 3. The maximum absolute atomic E-state index is 13.1. The summed E-state index contributed by atoms with van der Waals surface area (Å²) in [5.74, 6) is -2.00. The molecule has 0 fully saturated rings. The number of fused-ring (bicyclic) bond motifs is 1. The number of esters is 1. The second-order valence-electron chi connectivity index (χ2n) is 11.2. The Bertz CT molecular complexity index is 1300. The zero-order valence-corrected chi connectivity index (χ0v) is 23.2. The lowest BCUT2D eigenvalue weighted by Gasteiger charge is -2.29. The minimum atomic E-state index is -1.56. The summed E-state index contributed by atoms with van der Waals surface area (Å²) in [6.07, 6.45) is -1.48. The summed E-state index contributed by atoms with van der Waals surface area (Å²) in [6, 6.07) is 20.0. The number of rotatable bonds is 10. The molecule has 0 spiro atoms. The zero-order valence-electron chi connectivity index (χ0n) is 23.2. The molecule has 0 aromatic heterocycles. The number of carbonyl (C=O) groups excluding carboxylic acids is 2. The van der Waals surface area contributed by atoms with Crippen molar-refractivity contribution in [1.29, 1.82) is 0 Å². The molecule has 3 rings (SSSR count). The molecule has 0 heterocycles. The highest BCUT2D eigenvalue weighted by Crippen LogP contribution is 2.25. The molecule has 2 amide bonds. The molecule has 0 radical (unpaired) electrons. The lowest BCUT2D eigenvalue weighted by atomic mass is 9.98. The van der Waals surface area contributed by atoms with Crippen molar-refractivity contribution in [2.24, 2.45) is 5.92 Å². The van der Waals surface area contributed by atoms with Crippen LogP contribution in [0.15, 0.2) is 66.7 Å². The van der Waals surface area contributed by atoms with Crippen LogP contribution in [-0.4, -0.2) is 63.9 Å². The quantitative estimate of drug-likeness (QED) is 0.320. The van der Waals surface area contributed by atoms with Crippen molar-refractivity contribution in [3.05, 3.63) is 72.3 Å². The summed E-state index contributed by atoms with van der Waals surface area (Å²) in [5.41, 5.74) is 2.01. The third-order valence-electron chi connectivity index (χ3n) is 6.02. The molecule has 0 aliphatic carbocycles. The van der Waals surface area contributed by atoms with E-state index in [2.05, 4.69) is 29.6 Å². The van der Waals surface area contributed by atoms with E-state index in [4.69, 9.17) is 4.74 Å². The number of nitrogens with one attached hydrogen (secondary N) is 1. The standard InChI is InChI=1S/C31H38N2O6/c1-20(2)18-33(19-27(34)29(37)39-31(3,4)5)30(38)32-26(28(35)36)16-21-10-12-23(13-11-21)25-15-14-22-8-6-7-9-24(22)17-25/h6-15,17,20,26-27,34H,16,18-19H2,1-5H3,(H,32,38)(H,35,36)/t26-,27?/m0/s1. The third-order valence-corrected chi connectivity index (χ3v) is 6.02. The number of ether oxygens (including phenoxy) is 1. The first-order chi connectivity index (χ1) is 18.3. The van der Waals surface area contributed by atoms with E-state index in [9.17, 15) is 24.6 Å². The van der Waals surface area contributed by atoms with Gasteiger partial charge in [-0.25, -0.2) is 14.4 Å². The van der Waals surface area contributed by atoms with E-state index in [0.29, 0.717) is 0 Å². The van der Waals surface area contributed by atoms with Gasteiger partial charge in [0.15, 0.2) is 6.10 Å². The normalized spacial score (nSPS) is 13.1. The van der Waals surface area contributed by atoms with Crippen molar-refractivity contribution < 1.29 is 29.3 Å². The zero-order chi connectivity index (χ0) is 28.7. The molecule has 3 aromatic carbocycles. The van der Waals surface area contributed by atoms with Gasteiger partial charge in [0.05, 0.1) is 6.54 Å². The van der Waals surface area contributed by atoms with Crippen LogP contribution in [0.2, 0.25) is 0 Å². The van der Waals surface area contributed by atoms with Crippen LogP contribution in [0.25, 0.3) is 21.9 Å². The smallest absolute Gasteiger partial charge is 0.337 e. The molecule has 2 atom stereocenters. The summed E-state index contributed by atoms with van der Waals surface area (Å²) in [6.45, 7) is 8.72. The van der Waals surface area contributed by atoms with E-state index in [1.165, 1.54) is 4.90 Å². The van der Waals surface area contributed by atoms with Crippen LogP contribution in [0.4, 0.5) is 4.79 Å². The van der Waals surface area contributed by atoms with Gasteiger partial charge in [-0.1, -0.05) is 74.5 Å². The maximum atomic E-state index is 13.1. The fourth-order valence-electron chi connectivity index (χ4n) is 4.21. The van der Waals surface area contributed by atoms with Crippen molar-refractivity contribution >= 4 is 28.7 Å². The van der Waals surface area contributed by atoms with Crippen LogP contribution in [-0.2, 0) is 20.7 Å². The van der Waals surface area contributed by atoms with Crippen molar-refractivity contribution in [3.8, 4) is 11.1 Å². The van der Waals surface area contributed by atoms with Gasteiger partial charge >= 0.3 is 18.0 Å². The number of aliphatic hydroxyl groups is 1. The van der Waals surface area contributed by atoms with Crippen molar-refractivity contribution in [1.82, 2.24) is 10.2 Å². The molecular formula is C31H38N2O6. The Morgan fingerprint density at radius 2 is 1.51 bits per heavy atom. The number of carboxylic acids is 1. The molecule has 8 nitrogen and oxygen atoms in total.